The number of aromatic nitrogens is 4. The summed E-state index contributed by atoms with van der Waals surface area (Å²) in [5.41, 5.74) is 3.45. The van der Waals surface area contributed by atoms with Gasteiger partial charge in [0.25, 0.3) is 0 Å². The Morgan fingerprint density at radius 1 is 1.19 bits per heavy atom. The van der Waals surface area contributed by atoms with Gasteiger partial charge in [-0.05, 0) is 48.0 Å². The summed E-state index contributed by atoms with van der Waals surface area (Å²) >= 11 is 0. The molecule has 3 rings (SSSR count). The number of methoxy groups -OCH3 is 1. The second kappa shape index (κ2) is 7.64. The Bertz CT molecular complexity index is 922. The molecule has 0 radical (unpaired) electrons. The maximum absolute atomic E-state index is 12.2. The van der Waals surface area contributed by atoms with Crippen LogP contribution in [-0.2, 0) is 6.54 Å². The lowest BCUT2D eigenvalue weighted by molar-refractivity contribution is 0.251. The van der Waals surface area contributed by atoms with Crippen LogP contribution in [0.15, 0.2) is 42.5 Å². The second-order valence-electron chi connectivity index (χ2n) is 5.82. The summed E-state index contributed by atoms with van der Waals surface area (Å²) in [4.78, 5) is 12.2. The molecule has 0 saturated heterocycles. The van der Waals surface area contributed by atoms with E-state index >= 15 is 0 Å². The van der Waals surface area contributed by atoms with Crippen molar-refractivity contribution in [3.63, 3.8) is 0 Å². The number of amides is 2. The summed E-state index contributed by atoms with van der Waals surface area (Å²) in [6.07, 6.45) is 0. The van der Waals surface area contributed by atoms with Gasteiger partial charge in [-0.1, -0.05) is 29.8 Å². The van der Waals surface area contributed by atoms with Gasteiger partial charge in [0.05, 0.1) is 7.11 Å². The first kappa shape index (κ1) is 17.4. The lowest BCUT2D eigenvalue weighted by Gasteiger charge is -2.12. The summed E-state index contributed by atoms with van der Waals surface area (Å²) in [6, 6.07) is 13.0. The van der Waals surface area contributed by atoms with Crippen molar-refractivity contribution in [1.29, 1.82) is 0 Å². The molecule has 0 unspecified atom stereocenters. The third kappa shape index (κ3) is 3.97. The van der Waals surface area contributed by atoms with E-state index in [0.717, 1.165) is 11.1 Å². The largest absolute Gasteiger partial charge is 0.494 e. The Morgan fingerprint density at radius 3 is 2.73 bits per heavy atom. The summed E-state index contributed by atoms with van der Waals surface area (Å²) in [5.74, 6) is 1.22. The van der Waals surface area contributed by atoms with Gasteiger partial charge in [-0.15, -0.1) is 5.10 Å². The van der Waals surface area contributed by atoms with Crippen LogP contribution in [0.25, 0.3) is 5.69 Å². The van der Waals surface area contributed by atoms with E-state index in [9.17, 15) is 4.79 Å². The molecule has 0 bridgehead atoms. The van der Waals surface area contributed by atoms with Crippen LogP contribution in [0.5, 0.6) is 5.75 Å². The van der Waals surface area contributed by atoms with E-state index < -0.39 is 0 Å². The Labute approximate surface area is 151 Å². The molecule has 0 atom stereocenters. The van der Waals surface area contributed by atoms with E-state index in [-0.39, 0.29) is 6.03 Å². The molecule has 8 heteroatoms. The highest BCUT2D eigenvalue weighted by Crippen LogP contribution is 2.26. The van der Waals surface area contributed by atoms with E-state index in [0.29, 0.717) is 29.5 Å². The molecule has 0 aliphatic rings. The highest BCUT2D eigenvalue weighted by Gasteiger charge is 2.12. The standard InChI is InChI=1S/C18H20N6O2/c1-12-5-4-6-14(9-12)11-19-18(25)20-15-7-8-17(26-3)16(10-15)24-13(2)21-22-23-24/h4-10H,11H2,1-3H3,(H2,19,20,25). The topological polar surface area (TPSA) is 94.0 Å². The lowest BCUT2D eigenvalue weighted by atomic mass is 10.1. The number of ether oxygens (including phenoxy) is 1. The first-order chi connectivity index (χ1) is 12.6. The number of carbonyl (C=O) groups is 1. The molecule has 0 aliphatic carbocycles. The molecule has 3 aromatic rings. The number of hydrogen-bond donors (Lipinski definition) is 2. The molecule has 0 saturated carbocycles. The van der Waals surface area contributed by atoms with Gasteiger partial charge < -0.3 is 15.4 Å². The van der Waals surface area contributed by atoms with Gasteiger partial charge in [-0.3, -0.25) is 0 Å². The molecule has 26 heavy (non-hydrogen) atoms. The SMILES string of the molecule is COc1ccc(NC(=O)NCc2cccc(C)c2)cc1-n1nnnc1C. The van der Waals surface area contributed by atoms with Crippen molar-refractivity contribution in [2.45, 2.75) is 20.4 Å². The molecule has 8 nitrogen and oxygen atoms in total. The summed E-state index contributed by atoms with van der Waals surface area (Å²) in [5, 5.41) is 17.1. The van der Waals surface area contributed by atoms with Gasteiger partial charge in [0.1, 0.15) is 11.4 Å². The Hall–Kier alpha value is -3.42. The second-order valence-corrected chi connectivity index (χ2v) is 5.82. The highest BCUT2D eigenvalue weighted by atomic mass is 16.5. The molecule has 2 aromatic carbocycles. The number of aryl methyl sites for hydroxylation is 2. The zero-order chi connectivity index (χ0) is 18.5. The molecular formula is C18H20N6O2. The number of anilines is 1. The van der Waals surface area contributed by atoms with Crippen molar-refractivity contribution in [3.05, 3.63) is 59.4 Å². The van der Waals surface area contributed by atoms with E-state index in [1.54, 1.807) is 36.9 Å². The predicted molar refractivity (Wildman–Crippen MR) is 97.5 cm³/mol. The Kier molecular flexibility index (Phi) is 5.12. The Balaban J connectivity index is 1.71. The zero-order valence-corrected chi connectivity index (χ0v) is 14.9. The molecule has 1 heterocycles. The van der Waals surface area contributed by atoms with Crippen LogP contribution in [0.1, 0.15) is 17.0 Å². The quantitative estimate of drug-likeness (QED) is 0.736. The number of nitrogens with one attached hydrogen (secondary N) is 2. The fourth-order valence-electron chi connectivity index (χ4n) is 2.57. The van der Waals surface area contributed by atoms with Crippen LogP contribution in [-0.4, -0.2) is 33.3 Å². The molecule has 2 amide bonds. The number of carbonyl (C=O) groups excluding carboxylic acids is 1. The molecular weight excluding hydrogens is 332 g/mol. The van der Waals surface area contributed by atoms with Gasteiger partial charge in [0.15, 0.2) is 5.82 Å². The van der Waals surface area contributed by atoms with Gasteiger partial charge in [-0.2, -0.15) is 4.68 Å². The predicted octanol–water partition coefficient (Wildman–Crippen LogP) is 2.61. The molecule has 0 fully saturated rings. The van der Waals surface area contributed by atoms with E-state index in [1.165, 1.54) is 0 Å². The van der Waals surface area contributed by atoms with Crippen LogP contribution < -0.4 is 15.4 Å². The number of tetrazole rings is 1. The van der Waals surface area contributed by atoms with Crippen molar-refractivity contribution in [3.8, 4) is 11.4 Å². The van der Waals surface area contributed by atoms with Crippen molar-refractivity contribution in [2.75, 3.05) is 12.4 Å². The van der Waals surface area contributed by atoms with Gasteiger partial charge >= 0.3 is 6.03 Å². The zero-order valence-electron chi connectivity index (χ0n) is 14.9. The fourth-order valence-corrected chi connectivity index (χ4v) is 2.57. The lowest BCUT2D eigenvalue weighted by Crippen LogP contribution is -2.28. The van der Waals surface area contributed by atoms with Crippen LogP contribution in [0, 0.1) is 13.8 Å². The minimum absolute atomic E-state index is 0.295. The number of benzene rings is 2. The van der Waals surface area contributed by atoms with Crippen molar-refractivity contribution < 1.29 is 9.53 Å². The van der Waals surface area contributed by atoms with Crippen LogP contribution in [0.3, 0.4) is 0 Å². The first-order valence-electron chi connectivity index (χ1n) is 8.10. The van der Waals surface area contributed by atoms with E-state index in [4.69, 9.17) is 4.74 Å². The maximum Gasteiger partial charge on any atom is 0.319 e. The minimum Gasteiger partial charge on any atom is -0.494 e. The monoisotopic (exact) mass is 352 g/mol. The smallest absolute Gasteiger partial charge is 0.319 e. The molecule has 134 valence electrons. The van der Waals surface area contributed by atoms with Crippen molar-refractivity contribution >= 4 is 11.7 Å². The van der Waals surface area contributed by atoms with E-state index in [2.05, 4.69) is 26.2 Å². The van der Waals surface area contributed by atoms with E-state index in [1.807, 2.05) is 31.2 Å². The number of urea groups is 1. The normalized spacial score (nSPS) is 10.4. The third-order valence-corrected chi connectivity index (χ3v) is 3.83. The maximum atomic E-state index is 12.2. The average Bonchev–Trinajstić information content (AvgIpc) is 3.06. The summed E-state index contributed by atoms with van der Waals surface area (Å²) in [7, 11) is 1.57. The molecule has 2 N–H and O–H groups in total. The van der Waals surface area contributed by atoms with Gasteiger partial charge in [0, 0.05) is 12.2 Å². The van der Waals surface area contributed by atoms with Gasteiger partial charge in [0.2, 0.25) is 0 Å². The molecule has 0 aliphatic heterocycles. The van der Waals surface area contributed by atoms with Crippen LogP contribution in [0.2, 0.25) is 0 Å². The van der Waals surface area contributed by atoms with Gasteiger partial charge in [-0.25, -0.2) is 4.79 Å². The minimum atomic E-state index is -0.295. The molecule has 0 spiro atoms. The first-order valence-corrected chi connectivity index (χ1v) is 8.10. The van der Waals surface area contributed by atoms with Crippen molar-refractivity contribution in [2.24, 2.45) is 0 Å². The average molecular weight is 352 g/mol. The van der Waals surface area contributed by atoms with Crippen molar-refractivity contribution in [1.82, 2.24) is 25.5 Å². The highest BCUT2D eigenvalue weighted by molar-refractivity contribution is 5.89. The fraction of sp³-hybridized carbons (Fsp3) is 0.222. The summed E-state index contributed by atoms with van der Waals surface area (Å²) < 4.78 is 6.91. The van der Waals surface area contributed by atoms with Crippen LogP contribution >= 0.6 is 0 Å². The Morgan fingerprint density at radius 2 is 2.04 bits per heavy atom. The summed E-state index contributed by atoms with van der Waals surface area (Å²) in [6.45, 7) is 4.25. The number of nitrogens with zero attached hydrogens (tertiary/aromatic N) is 4. The molecule has 1 aromatic heterocycles. The van der Waals surface area contributed by atoms with Crippen LogP contribution in [0.4, 0.5) is 10.5 Å². The number of hydrogen-bond acceptors (Lipinski definition) is 5. The third-order valence-electron chi connectivity index (χ3n) is 3.83. The number of rotatable bonds is 5.